The molecule has 23 heavy (non-hydrogen) atoms. The number of nitrogens with zero attached hydrogens (tertiary/aromatic N) is 2. The molecule has 0 saturated carbocycles. The Hall–Kier alpha value is -0.120. The fourth-order valence-corrected chi connectivity index (χ4v) is 1.84. The average Bonchev–Trinajstić information content (AvgIpc) is 2.48. The molecule has 0 aliphatic carbocycles. The number of nitrogens with one attached hydrogen (secondary N) is 2. The van der Waals surface area contributed by atoms with E-state index in [0.717, 1.165) is 58.2 Å². The number of likely N-dealkylation sites (N-methyl/N-ethyl adjacent to an activating group) is 1. The second kappa shape index (κ2) is 18.2. The van der Waals surface area contributed by atoms with Crippen molar-refractivity contribution in [2.45, 2.75) is 26.7 Å². The Kier molecular flexibility index (Phi) is 19.9. The molecule has 0 aromatic rings. The minimum Gasteiger partial charge on any atom is -0.385 e. The molecular weight excluding hydrogens is 407 g/mol. The van der Waals surface area contributed by atoms with Crippen LogP contribution in [0.1, 0.15) is 26.7 Å². The van der Waals surface area contributed by atoms with Gasteiger partial charge in [0.05, 0.1) is 6.61 Å². The van der Waals surface area contributed by atoms with Crippen molar-refractivity contribution in [3.8, 4) is 0 Å². The van der Waals surface area contributed by atoms with Crippen molar-refractivity contribution in [1.82, 2.24) is 15.5 Å². The number of rotatable bonds is 13. The maximum absolute atomic E-state index is 5.57. The Balaban J connectivity index is 0. The Morgan fingerprint density at radius 1 is 1.09 bits per heavy atom. The number of ether oxygens (including phenoxy) is 2. The van der Waals surface area contributed by atoms with Crippen LogP contribution in [0.5, 0.6) is 0 Å². The third-order valence-corrected chi connectivity index (χ3v) is 3.28. The van der Waals surface area contributed by atoms with Gasteiger partial charge in [-0.15, -0.1) is 24.0 Å². The molecule has 0 amide bonds. The van der Waals surface area contributed by atoms with Crippen LogP contribution >= 0.6 is 24.0 Å². The van der Waals surface area contributed by atoms with Gasteiger partial charge in [-0.1, -0.05) is 13.8 Å². The lowest BCUT2D eigenvalue weighted by atomic mass is 10.1. The standard InChI is InChI=1S/C16H36N4O2.HI/c1-15(2)7-13-22-14-9-19-16(17-3)18-8-11-20(4)10-6-12-21-5;/h15H,6-14H2,1-5H3,(H2,17,18,19);1H. The lowest BCUT2D eigenvalue weighted by Gasteiger charge is -2.18. The molecule has 0 rings (SSSR count). The fourth-order valence-electron chi connectivity index (χ4n) is 1.84. The summed E-state index contributed by atoms with van der Waals surface area (Å²) in [7, 11) is 5.65. The molecule has 0 aliphatic heterocycles. The summed E-state index contributed by atoms with van der Waals surface area (Å²) in [6.07, 6.45) is 2.18. The number of hydrogen-bond acceptors (Lipinski definition) is 4. The highest BCUT2D eigenvalue weighted by Crippen LogP contribution is 1.98. The highest BCUT2D eigenvalue weighted by molar-refractivity contribution is 14.0. The molecule has 0 aliphatic rings. The van der Waals surface area contributed by atoms with E-state index in [-0.39, 0.29) is 24.0 Å². The number of aliphatic imine (C=N–C) groups is 1. The van der Waals surface area contributed by atoms with E-state index in [1.807, 2.05) is 0 Å². The van der Waals surface area contributed by atoms with Crippen LogP contribution in [0.25, 0.3) is 0 Å². The second-order valence-corrected chi connectivity index (χ2v) is 5.87. The van der Waals surface area contributed by atoms with Gasteiger partial charge in [0.25, 0.3) is 0 Å². The minimum atomic E-state index is 0. The van der Waals surface area contributed by atoms with Crippen molar-refractivity contribution >= 4 is 29.9 Å². The first-order valence-electron chi connectivity index (χ1n) is 8.29. The van der Waals surface area contributed by atoms with Gasteiger partial charge in [0.1, 0.15) is 0 Å². The molecule has 2 N–H and O–H groups in total. The van der Waals surface area contributed by atoms with Crippen molar-refractivity contribution in [1.29, 1.82) is 0 Å². The molecular formula is C16H37IN4O2. The second-order valence-electron chi connectivity index (χ2n) is 5.87. The molecule has 0 radical (unpaired) electrons. The molecule has 0 aromatic carbocycles. The molecule has 0 heterocycles. The summed E-state index contributed by atoms with van der Waals surface area (Å²) < 4.78 is 10.6. The van der Waals surface area contributed by atoms with Gasteiger partial charge < -0.3 is 25.0 Å². The summed E-state index contributed by atoms with van der Waals surface area (Å²) >= 11 is 0. The highest BCUT2D eigenvalue weighted by Gasteiger charge is 2.00. The van der Waals surface area contributed by atoms with Gasteiger partial charge >= 0.3 is 0 Å². The maximum Gasteiger partial charge on any atom is 0.191 e. The minimum absolute atomic E-state index is 0. The molecule has 0 unspecified atom stereocenters. The summed E-state index contributed by atoms with van der Waals surface area (Å²) in [5.41, 5.74) is 0. The van der Waals surface area contributed by atoms with Gasteiger partial charge in [0.2, 0.25) is 0 Å². The molecule has 140 valence electrons. The van der Waals surface area contributed by atoms with Crippen LogP contribution in [-0.2, 0) is 9.47 Å². The number of hydrogen-bond donors (Lipinski definition) is 2. The third-order valence-electron chi connectivity index (χ3n) is 3.28. The van der Waals surface area contributed by atoms with Crippen LogP contribution in [0.2, 0.25) is 0 Å². The summed E-state index contributed by atoms with van der Waals surface area (Å²) in [6.45, 7) is 10.5. The van der Waals surface area contributed by atoms with Gasteiger partial charge in [0, 0.05) is 53.6 Å². The quantitative estimate of drug-likeness (QED) is 0.196. The molecule has 0 spiro atoms. The van der Waals surface area contributed by atoms with Crippen LogP contribution in [0, 0.1) is 5.92 Å². The third kappa shape index (κ3) is 18.1. The van der Waals surface area contributed by atoms with Gasteiger partial charge in [0.15, 0.2) is 5.96 Å². The highest BCUT2D eigenvalue weighted by atomic mass is 127. The molecule has 0 saturated heterocycles. The molecule has 0 atom stereocenters. The molecule has 0 fully saturated rings. The first-order valence-corrected chi connectivity index (χ1v) is 8.29. The normalized spacial score (nSPS) is 11.7. The van der Waals surface area contributed by atoms with Gasteiger partial charge in [-0.3, -0.25) is 4.99 Å². The molecule has 6 nitrogen and oxygen atoms in total. The van der Waals surface area contributed by atoms with Gasteiger partial charge in [-0.2, -0.15) is 0 Å². The number of guanidine groups is 1. The number of halogens is 1. The van der Waals surface area contributed by atoms with E-state index < -0.39 is 0 Å². The van der Waals surface area contributed by atoms with Gasteiger partial charge in [-0.05, 0) is 25.8 Å². The van der Waals surface area contributed by atoms with Crippen molar-refractivity contribution in [2.24, 2.45) is 10.9 Å². The van der Waals surface area contributed by atoms with E-state index in [1.54, 1.807) is 14.2 Å². The van der Waals surface area contributed by atoms with Crippen LogP contribution in [0.3, 0.4) is 0 Å². The zero-order valence-corrected chi connectivity index (χ0v) is 17.9. The molecule has 0 bridgehead atoms. The largest absolute Gasteiger partial charge is 0.385 e. The SMILES string of the molecule is CN=C(NCCOCCC(C)C)NCCN(C)CCCOC.I. The van der Waals surface area contributed by atoms with Crippen molar-refractivity contribution in [3.05, 3.63) is 0 Å². The van der Waals surface area contributed by atoms with Crippen LogP contribution in [-0.4, -0.2) is 78.1 Å². The van der Waals surface area contributed by atoms with Crippen LogP contribution < -0.4 is 10.6 Å². The fraction of sp³-hybridized carbons (Fsp3) is 0.938. The summed E-state index contributed by atoms with van der Waals surface area (Å²) in [5, 5.41) is 6.57. The van der Waals surface area contributed by atoms with Crippen LogP contribution in [0.15, 0.2) is 4.99 Å². The topological polar surface area (TPSA) is 58.1 Å². The van der Waals surface area contributed by atoms with E-state index in [4.69, 9.17) is 9.47 Å². The Labute approximate surface area is 159 Å². The number of methoxy groups -OCH3 is 1. The first kappa shape index (κ1) is 25.1. The predicted octanol–water partition coefficient (Wildman–Crippen LogP) is 1.80. The molecule has 7 heteroatoms. The van der Waals surface area contributed by atoms with Crippen molar-refractivity contribution in [3.63, 3.8) is 0 Å². The monoisotopic (exact) mass is 444 g/mol. The average molecular weight is 444 g/mol. The van der Waals surface area contributed by atoms with E-state index >= 15 is 0 Å². The van der Waals surface area contributed by atoms with Crippen molar-refractivity contribution < 1.29 is 9.47 Å². The summed E-state index contributed by atoms with van der Waals surface area (Å²) in [4.78, 5) is 6.49. The van der Waals surface area contributed by atoms with E-state index in [1.165, 1.54) is 0 Å². The summed E-state index contributed by atoms with van der Waals surface area (Å²) in [6, 6.07) is 0. The Bertz CT molecular complexity index is 279. The Morgan fingerprint density at radius 3 is 2.39 bits per heavy atom. The predicted molar refractivity (Wildman–Crippen MR) is 109 cm³/mol. The molecule has 0 aromatic heterocycles. The van der Waals surface area contributed by atoms with E-state index in [0.29, 0.717) is 12.5 Å². The Morgan fingerprint density at radius 2 is 1.78 bits per heavy atom. The van der Waals surface area contributed by atoms with E-state index in [2.05, 4.69) is 41.4 Å². The zero-order valence-electron chi connectivity index (χ0n) is 15.6. The zero-order chi connectivity index (χ0) is 16.6. The lowest BCUT2D eigenvalue weighted by molar-refractivity contribution is 0.128. The van der Waals surface area contributed by atoms with Gasteiger partial charge in [-0.25, -0.2) is 0 Å². The van der Waals surface area contributed by atoms with Crippen molar-refractivity contribution in [2.75, 3.05) is 67.2 Å². The summed E-state index contributed by atoms with van der Waals surface area (Å²) in [5.74, 6) is 1.53. The maximum atomic E-state index is 5.57. The van der Waals surface area contributed by atoms with E-state index in [9.17, 15) is 0 Å². The first-order chi connectivity index (χ1) is 10.6. The smallest absolute Gasteiger partial charge is 0.191 e. The van der Waals surface area contributed by atoms with Crippen LogP contribution in [0.4, 0.5) is 0 Å². The lowest BCUT2D eigenvalue weighted by Crippen LogP contribution is -2.42.